The van der Waals surface area contributed by atoms with Gasteiger partial charge in [-0.1, -0.05) is 30.3 Å². The number of nitrogens with one attached hydrogen (secondary N) is 2. The molecule has 7 nitrogen and oxygen atoms in total. The highest BCUT2D eigenvalue weighted by Crippen LogP contribution is 2.28. The first-order valence-electron chi connectivity index (χ1n) is 10.4. The van der Waals surface area contributed by atoms with Gasteiger partial charge in [0, 0.05) is 58.2 Å². The Balaban J connectivity index is 0.00000320. The summed E-state index contributed by atoms with van der Waals surface area (Å²) in [6.45, 7) is 5.43. The summed E-state index contributed by atoms with van der Waals surface area (Å²) in [4.78, 5) is 6.80. The minimum Gasteiger partial charge on any atom is -0.381 e. The molecule has 9 heteroatoms. The lowest BCUT2D eigenvalue weighted by molar-refractivity contribution is 0.0756. The van der Waals surface area contributed by atoms with Crippen molar-refractivity contribution in [2.24, 2.45) is 4.99 Å². The van der Waals surface area contributed by atoms with Crippen molar-refractivity contribution in [1.82, 2.24) is 15.5 Å². The van der Waals surface area contributed by atoms with Crippen LogP contribution in [0.5, 0.6) is 0 Å². The van der Waals surface area contributed by atoms with E-state index in [-0.39, 0.29) is 30.0 Å². The second-order valence-electron chi connectivity index (χ2n) is 8.33. The number of halogens is 1. The molecule has 1 aromatic rings. The molecule has 0 aromatic heterocycles. The van der Waals surface area contributed by atoms with E-state index >= 15 is 0 Å². The molecule has 170 valence electrons. The molecular weight excluding hydrogens is 515 g/mol. The van der Waals surface area contributed by atoms with E-state index in [0.29, 0.717) is 44.6 Å². The molecule has 2 aliphatic heterocycles. The van der Waals surface area contributed by atoms with E-state index < -0.39 is 14.6 Å². The second-order valence-corrected chi connectivity index (χ2v) is 10.7. The molecule has 0 bridgehead atoms. The maximum atomic E-state index is 12.5. The maximum absolute atomic E-state index is 12.5. The number of sulfone groups is 1. The number of hydrogen-bond acceptors (Lipinski definition) is 5. The summed E-state index contributed by atoms with van der Waals surface area (Å²) in [5, 5.41) is 6.77. The van der Waals surface area contributed by atoms with Crippen molar-refractivity contribution >= 4 is 39.8 Å². The lowest BCUT2D eigenvalue weighted by Gasteiger charge is -2.36. The lowest BCUT2D eigenvalue weighted by atomic mass is 9.99. The number of benzene rings is 1. The fourth-order valence-corrected chi connectivity index (χ4v) is 5.54. The normalized spacial score (nSPS) is 24.8. The number of aliphatic imine (C=N–C) groups is 1. The number of nitrogens with zero attached hydrogens (tertiary/aromatic N) is 2. The minimum absolute atomic E-state index is 0. The van der Waals surface area contributed by atoms with Gasteiger partial charge in [-0.15, -0.1) is 24.0 Å². The third kappa shape index (κ3) is 6.30. The molecule has 2 fully saturated rings. The van der Waals surface area contributed by atoms with E-state index in [1.807, 2.05) is 6.07 Å². The summed E-state index contributed by atoms with van der Waals surface area (Å²) in [5.41, 5.74) is 1.32. The zero-order valence-corrected chi connectivity index (χ0v) is 21.3. The Hall–Kier alpha value is -0.910. The quantitative estimate of drug-likeness (QED) is 0.321. The van der Waals surface area contributed by atoms with Gasteiger partial charge < -0.3 is 15.4 Å². The summed E-state index contributed by atoms with van der Waals surface area (Å²) < 4.78 is 29.5. The Kier molecular flexibility index (Phi) is 9.38. The molecule has 2 N–H and O–H groups in total. The van der Waals surface area contributed by atoms with Crippen molar-refractivity contribution in [3.8, 4) is 0 Å². The molecule has 2 aliphatic rings. The monoisotopic (exact) mass is 550 g/mol. The molecule has 2 unspecified atom stereocenters. The smallest absolute Gasteiger partial charge is 0.191 e. The van der Waals surface area contributed by atoms with Gasteiger partial charge in [0.2, 0.25) is 0 Å². The predicted octanol–water partition coefficient (Wildman–Crippen LogP) is 2.03. The second kappa shape index (κ2) is 11.1. The standard InChI is InChI=1S/C21H34N4O3S.HI/c1-17-13-19(15-25(17)14-18-7-5-4-6-8-18)24-20(22-2)23-16-21(29(3,26)27)9-11-28-12-10-21;/h4-8,17,19H,9-16H2,1-3H3,(H2,22,23,24);1H. The summed E-state index contributed by atoms with van der Waals surface area (Å²) in [6, 6.07) is 11.3. The summed E-state index contributed by atoms with van der Waals surface area (Å²) in [6.07, 6.45) is 3.39. The highest BCUT2D eigenvalue weighted by Gasteiger charge is 2.42. The number of rotatable bonds is 6. The van der Waals surface area contributed by atoms with E-state index in [2.05, 4.69) is 51.7 Å². The first-order valence-corrected chi connectivity index (χ1v) is 12.2. The van der Waals surface area contributed by atoms with Crippen molar-refractivity contribution < 1.29 is 13.2 Å². The van der Waals surface area contributed by atoms with Gasteiger partial charge in [-0.2, -0.15) is 0 Å². The van der Waals surface area contributed by atoms with Crippen molar-refractivity contribution in [2.45, 2.75) is 49.6 Å². The average molecular weight is 551 g/mol. The van der Waals surface area contributed by atoms with Crippen molar-refractivity contribution in [1.29, 1.82) is 0 Å². The topological polar surface area (TPSA) is 83.0 Å². The van der Waals surface area contributed by atoms with Crippen LogP contribution in [-0.4, -0.2) is 75.7 Å². The van der Waals surface area contributed by atoms with Gasteiger partial charge in [-0.05, 0) is 31.7 Å². The Morgan fingerprint density at radius 1 is 1.27 bits per heavy atom. The van der Waals surface area contributed by atoms with E-state index in [1.165, 1.54) is 11.8 Å². The SMILES string of the molecule is CN=C(NCC1(S(C)(=O)=O)CCOCC1)NC1CC(C)N(Cc2ccccc2)C1.I. The number of guanidine groups is 1. The molecule has 0 aliphatic carbocycles. The Bertz CT molecular complexity index is 798. The van der Waals surface area contributed by atoms with Gasteiger partial charge in [-0.25, -0.2) is 8.42 Å². The minimum atomic E-state index is -3.20. The zero-order chi connectivity index (χ0) is 20.9. The van der Waals surface area contributed by atoms with Crippen molar-refractivity contribution in [2.75, 3.05) is 39.6 Å². The molecule has 30 heavy (non-hydrogen) atoms. The van der Waals surface area contributed by atoms with Crippen LogP contribution in [0.3, 0.4) is 0 Å². The van der Waals surface area contributed by atoms with E-state index in [0.717, 1.165) is 19.5 Å². The third-order valence-corrected chi connectivity index (χ3v) is 8.39. The summed E-state index contributed by atoms with van der Waals surface area (Å²) in [7, 11) is -1.48. The van der Waals surface area contributed by atoms with Gasteiger partial charge in [0.1, 0.15) is 0 Å². The van der Waals surface area contributed by atoms with Crippen LogP contribution in [0.1, 0.15) is 31.7 Å². The van der Waals surface area contributed by atoms with E-state index in [9.17, 15) is 8.42 Å². The Morgan fingerprint density at radius 3 is 2.53 bits per heavy atom. The first-order chi connectivity index (χ1) is 13.8. The highest BCUT2D eigenvalue weighted by molar-refractivity contribution is 14.0. The van der Waals surface area contributed by atoms with Crippen LogP contribution in [0, 0.1) is 0 Å². The fourth-order valence-electron chi connectivity index (χ4n) is 4.30. The van der Waals surface area contributed by atoms with Crippen LogP contribution in [-0.2, 0) is 21.1 Å². The molecular formula is C21H35IN4O3S. The van der Waals surface area contributed by atoms with E-state index in [1.54, 1.807) is 7.05 Å². The summed E-state index contributed by atoms with van der Waals surface area (Å²) in [5.74, 6) is 0.665. The van der Waals surface area contributed by atoms with Gasteiger partial charge >= 0.3 is 0 Å². The van der Waals surface area contributed by atoms with Crippen LogP contribution in [0.25, 0.3) is 0 Å². The number of ether oxygens (including phenoxy) is 1. The van der Waals surface area contributed by atoms with Crippen LogP contribution >= 0.6 is 24.0 Å². The highest BCUT2D eigenvalue weighted by atomic mass is 127. The largest absolute Gasteiger partial charge is 0.381 e. The van der Waals surface area contributed by atoms with Crippen LogP contribution in [0.15, 0.2) is 35.3 Å². The molecule has 0 radical (unpaired) electrons. The summed E-state index contributed by atoms with van der Waals surface area (Å²) >= 11 is 0. The Morgan fingerprint density at radius 2 is 1.93 bits per heavy atom. The molecule has 2 heterocycles. The van der Waals surface area contributed by atoms with E-state index in [4.69, 9.17) is 4.74 Å². The van der Waals surface area contributed by atoms with Gasteiger partial charge in [-0.3, -0.25) is 9.89 Å². The van der Waals surface area contributed by atoms with Gasteiger partial charge in [0.25, 0.3) is 0 Å². The fraction of sp³-hybridized carbons (Fsp3) is 0.667. The molecule has 3 rings (SSSR count). The van der Waals surface area contributed by atoms with Crippen molar-refractivity contribution in [3.05, 3.63) is 35.9 Å². The molecule has 2 saturated heterocycles. The molecule has 1 aromatic carbocycles. The molecule has 0 amide bonds. The van der Waals surface area contributed by atoms with Crippen LogP contribution < -0.4 is 10.6 Å². The van der Waals surface area contributed by atoms with Gasteiger partial charge in [0.15, 0.2) is 15.8 Å². The molecule has 0 saturated carbocycles. The number of likely N-dealkylation sites (tertiary alicyclic amines) is 1. The lowest BCUT2D eigenvalue weighted by Crippen LogP contribution is -2.54. The van der Waals surface area contributed by atoms with Crippen LogP contribution in [0.2, 0.25) is 0 Å². The number of hydrogen-bond donors (Lipinski definition) is 2. The van der Waals surface area contributed by atoms with Crippen molar-refractivity contribution in [3.63, 3.8) is 0 Å². The average Bonchev–Trinajstić information content (AvgIpc) is 3.04. The van der Waals surface area contributed by atoms with Crippen LogP contribution in [0.4, 0.5) is 0 Å². The molecule has 2 atom stereocenters. The maximum Gasteiger partial charge on any atom is 0.191 e. The first kappa shape index (κ1) is 25.4. The molecule has 0 spiro atoms. The Labute approximate surface area is 198 Å². The predicted molar refractivity (Wildman–Crippen MR) is 132 cm³/mol. The zero-order valence-electron chi connectivity index (χ0n) is 18.1. The van der Waals surface area contributed by atoms with Gasteiger partial charge in [0.05, 0.1) is 4.75 Å². The third-order valence-electron chi connectivity index (χ3n) is 6.27.